The number of nitrogens with one attached hydrogen (secondary N) is 1. The summed E-state index contributed by atoms with van der Waals surface area (Å²) in [6.45, 7) is 0.945. The third-order valence-electron chi connectivity index (χ3n) is 3.23. The van der Waals surface area contributed by atoms with E-state index in [1.165, 1.54) is 16.8 Å². The van der Waals surface area contributed by atoms with E-state index in [9.17, 15) is 14.9 Å². The molecule has 8 heteroatoms. The van der Waals surface area contributed by atoms with Crippen molar-refractivity contribution >= 4 is 17.3 Å². The first-order valence-corrected chi connectivity index (χ1v) is 6.56. The number of nitro groups is 1. The first-order chi connectivity index (χ1) is 10.5. The van der Waals surface area contributed by atoms with Crippen LogP contribution < -0.4 is 14.8 Å². The van der Waals surface area contributed by atoms with E-state index in [0.29, 0.717) is 30.4 Å². The third kappa shape index (κ3) is 2.58. The fraction of sp³-hybridized carbons (Fsp3) is 0.214. The van der Waals surface area contributed by atoms with E-state index in [4.69, 9.17) is 9.47 Å². The van der Waals surface area contributed by atoms with E-state index in [1.54, 1.807) is 25.2 Å². The number of amides is 1. The third-order valence-corrected chi connectivity index (χ3v) is 3.23. The number of benzene rings is 1. The average Bonchev–Trinajstić information content (AvgIpc) is 2.89. The molecule has 0 atom stereocenters. The molecule has 0 saturated carbocycles. The van der Waals surface area contributed by atoms with Gasteiger partial charge < -0.3 is 19.4 Å². The van der Waals surface area contributed by atoms with E-state index >= 15 is 0 Å². The molecule has 0 radical (unpaired) electrons. The first-order valence-electron chi connectivity index (χ1n) is 6.56. The van der Waals surface area contributed by atoms with Crippen LogP contribution in [0.2, 0.25) is 0 Å². The highest BCUT2D eigenvalue weighted by atomic mass is 16.6. The van der Waals surface area contributed by atoms with Gasteiger partial charge in [0, 0.05) is 24.9 Å². The van der Waals surface area contributed by atoms with Gasteiger partial charge in [0.1, 0.15) is 18.9 Å². The standard InChI is InChI=1S/C14H13N3O5/c1-16-8-10(17(19)20)7-11(16)14(18)15-9-2-3-12-13(6-9)22-5-4-21-12/h2-3,6-8H,4-5H2,1H3,(H,15,18). The van der Waals surface area contributed by atoms with Gasteiger partial charge in [-0.2, -0.15) is 0 Å². The predicted molar refractivity (Wildman–Crippen MR) is 77.5 cm³/mol. The monoisotopic (exact) mass is 303 g/mol. The van der Waals surface area contributed by atoms with Crippen LogP contribution in [0.1, 0.15) is 10.5 Å². The minimum absolute atomic E-state index is 0.130. The summed E-state index contributed by atoms with van der Waals surface area (Å²) >= 11 is 0. The summed E-state index contributed by atoms with van der Waals surface area (Å²) in [4.78, 5) is 22.4. The molecule has 1 aromatic heterocycles. The van der Waals surface area contributed by atoms with Crippen LogP contribution in [0.15, 0.2) is 30.5 Å². The molecular weight excluding hydrogens is 290 g/mol. The van der Waals surface area contributed by atoms with Gasteiger partial charge in [-0.15, -0.1) is 0 Å². The number of ether oxygens (including phenoxy) is 2. The number of nitrogens with zero attached hydrogens (tertiary/aromatic N) is 2. The van der Waals surface area contributed by atoms with E-state index in [-0.39, 0.29) is 11.4 Å². The van der Waals surface area contributed by atoms with Gasteiger partial charge in [0.2, 0.25) is 0 Å². The summed E-state index contributed by atoms with van der Waals surface area (Å²) in [7, 11) is 1.58. The van der Waals surface area contributed by atoms with Crippen LogP contribution in [0.3, 0.4) is 0 Å². The van der Waals surface area contributed by atoms with Crippen molar-refractivity contribution in [1.82, 2.24) is 4.57 Å². The maximum Gasteiger partial charge on any atom is 0.287 e. The van der Waals surface area contributed by atoms with Crippen molar-refractivity contribution < 1.29 is 19.2 Å². The molecule has 1 aliphatic heterocycles. The Kier molecular flexibility index (Phi) is 3.42. The number of aryl methyl sites for hydroxylation is 1. The number of hydrogen-bond acceptors (Lipinski definition) is 5. The zero-order valence-electron chi connectivity index (χ0n) is 11.7. The van der Waals surface area contributed by atoms with Gasteiger partial charge in [-0.25, -0.2) is 0 Å². The van der Waals surface area contributed by atoms with Crippen molar-refractivity contribution in [3.8, 4) is 11.5 Å². The van der Waals surface area contributed by atoms with E-state index in [0.717, 1.165) is 0 Å². The smallest absolute Gasteiger partial charge is 0.287 e. The van der Waals surface area contributed by atoms with Gasteiger partial charge in [-0.1, -0.05) is 0 Å². The fourth-order valence-electron chi connectivity index (χ4n) is 2.19. The normalized spacial score (nSPS) is 12.8. The summed E-state index contributed by atoms with van der Waals surface area (Å²) in [5.74, 6) is 0.743. The highest BCUT2D eigenvalue weighted by Crippen LogP contribution is 2.32. The second-order valence-corrected chi connectivity index (χ2v) is 4.76. The second-order valence-electron chi connectivity index (χ2n) is 4.76. The zero-order chi connectivity index (χ0) is 15.7. The molecule has 0 bridgehead atoms. The van der Waals surface area contributed by atoms with Crippen LogP contribution >= 0.6 is 0 Å². The summed E-state index contributed by atoms with van der Waals surface area (Å²) in [6, 6.07) is 6.28. The Balaban J connectivity index is 1.81. The van der Waals surface area contributed by atoms with E-state index in [2.05, 4.69) is 5.32 Å². The number of carbonyl (C=O) groups excluding carboxylic acids is 1. The zero-order valence-corrected chi connectivity index (χ0v) is 11.7. The number of fused-ring (bicyclic) bond motifs is 1. The number of hydrogen-bond donors (Lipinski definition) is 1. The van der Waals surface area contributed by atoms with Gasteiger partial charge >= 0.3 is 0 Å². The van der Waals surface area contributed by atoms with Gasteiger partial charge in [0.15, 0.2) is 11.5 Å². The molecule has 1 aromatic carbocycles. The lowest BCUT2D eigenvalue weighted by Gasteiger charge is -2.19. The SMILES string of the molecule is Cn1cc([N+](=O)[O-])cc1C(=O)Nc1ccc2c(c1)OCCO2. The van der Waals surface area contributed by atoms with E-state index in [1.807, 2.05) is 0 Å². The summed E-state index contributed by atoms with van der Waals surface area (Å²) in [5.41, 5.74) is 0.592. The van der Waals surface area contributed by atoms with Crippen molar-refractivity contribution in [2.75, 3.05) is 18.5 Å². The number of anilines is 1. The van der Waals surface area contributed by atoms with Gasteiger partial charge in [-0.05, 0) is 12.1 Å². The lowest BCUT2D eigenvalue weighted by Crippen LogP contribution is -2.17. The molecule has 1 aliphatic rings. The van der Waals surface area contributed by atoms with Crippen LogP contribution in [0.4, 0.5) is 11.4 Å². The van der Waals surface area contributed by atoms with Crippen molar-refractivity contribution in [2.45, 2.75) is 0 Å². The van der Waals surface area contributed by atoms with E-state index < -0.39 is 10.8 Å². The van der Waals surface area contributed by atoms with Crippen LogP contribution in [0.25, 0.3) is 0 Å². The maximum atomic E-state index is 12.2. The molecule has 1 amide bonds. The molecule has 2 aromatic rings. The van der Waals surface area contributed by atoms with Gasteiger partial charge in [0.05, 0.1) is 11.1 Å². The molecule has 0 spiro atoms. The highest BCUT2D eigenvalue weighted by molar-refractivity contribution is 6.03. The Hall–Kier alpha value is -3.03. The minimum Gasteiger partial charge on any atom is -0.486 e. The van der Waals surface area contributed by atoms with Crippen LogP contribution in [-0.4, -0.2) is 28.6 Å². The van der Waals surface area contributed by atoms with Crippen LogP contribution in [0, 0.1) is 10.1 Å². The minimum atomic E-state index is -0.541. The molecule has 22 heavy (non-hydrogen) atoms. The maximum absolute atomic E-state index is 12.2. The lowest BCUT2D eigenvalue weighted by molar-refractivity contribution is -0.384. The highest BCUT2D eigenvalue weighted by Gasteiger charge is 2.18. The molecular formula is C14H13N3O5. The Morgan fingerprint density at radius 3 is 2.68 bits per heavy atom. The number of aromatic nitrogens is 1. The molecule has 3 rings (SSSR count). The molecule has 8 nitrogen and oxygen atoms in total. The predicted octanol–water partition coefficient (Wildman–Crippen LogP) is 1.96. The molecule has 0 aliphatic carbocycles. The molecule has 0 unspecified atom stereocenters. The van der Waals surface area contributed by atoms with Crippen LogP contribution in [0.5, 0.6) is 11.5 Å². The number of carbonyl (C=O) groups is 1. The van der Waals surface area contributed by atoms with Crippen molar-refractivity contribution in [2.24, 2.45) is 7.05 Å². The Morgan fingerprint density at radius 2 is 2.00 bits per heavy atom. The van der Waals surface area contributed by atoms with Crippen molar-refractivity contribution in [1.29, 1.82) is 0 Å². The summed E-state index contributed by atoms with van der Waals surface area (Å²) in [5, 5.41) is 13.4. The van der Waals surface area contributed by atoms with Crippen molar-refractivity contribution in [3.05, 3.63) is 46.3 Å². The number of rotatable bonds is 3. The van der Waals surface area contributed by atoms with Crippen molar-refractivity contribution in [3.63, 3.8) is 0 Å². The molecule has 2 heterocycles. The fourth-order valence-corrected chi connectivity index (χ4v) is 2.19. The molecule has 0 saturated heterocycles. The second kappa shape index (κ2) is 5.40. The average molecular weight is 303 g/mol. The van der Waals surface area contributed by atoms with Crippen LogP contribution in [-0.2, 0) is 7.05 Å². The summed E-state index contributed by atoms with van der Waals surface area (Å²) < 4.78 is 12.2. The lowest BCUT2D eigenvalue weighted by atomic mass is 10.2. The molecule has 114 valence electrons. The van der Waals surface area contributed by atoms with Gasteiger partial charge in [0.25, 0.3) is 11.6 Å². The molecule has 0 fully saturated rings. The van der Waals surface area contributed by atoms with Gasteiger partial charge in [-0.3, -0.25) is 14.9 Å². The Bertz CT molecular complexity index is 753. The first kappa shape index (κ1) is 13.9. The largest absolute Gasteiger partial charge is 0.486 e. The topological polar surface area (TPSA) is 95.6 Å². The Labute approximate surface area is 125 Å². The molecule has 1 N–H and O–H groups in total. The Morgan fingerprint density at radius 1 is 1.27 bits per heavy atom. The summed E-state index contributed by atoms with van der Waals surface area (Å²) in [6.07, 6.45) is 1.29. The quantitative estimate of drug-likeness (QED) is 0.690.